The second kappa shape index (κ2) is 10.5. The molecule has 0 radical (unpaired) electrons. The average molecular weight is 431 g/mol. The maximum atomic E-state index is 12.3. The van der Waals surface area contributed by atoms with E-state index in [9.17, 15) is 4.79 Å². The number of anilines is 1. The Bertz CT molecular complexity index is 842. The van der Waals surface area contributed by atoms with Gasteiger partial charge in [0.25, 0.3) is 0 Å². The first-order chi connectivity index (χ1) is 14.7. The van der Waals surface area contributed by atoms with E-state index < -0.39 is 0 Å². The van der Waals surface area contributed by atoms with E-state index in [1.165, 1.54) is 44.9 Å². The Hall–Kier alpha value is -1.83. The predicted molar refractivity (Wildman–Crippen MR) is 122 cm³/mol. The predicted octanol–water partition coefficient (Wildman–Crippen LogP) is 4.02. The second-order valence-electron chi connectivity index (χ2n) is 8.45. The third-order valence-corrected chi connectivity index (χ3v) is 7.01. The molecule has 2 aromatic rings. The summed E-state index contributed by atoms with van der Waals surface area (Å²) in [5.41, 5.74) is 0.874. The van der Waals surface area contributed by atoms with Crippen molar-refractivity contribution < 1.29 is 4.79 Å². The van der Waals surface area contributed by atoms with Crippen LogP contribution in [0, 0.1) is 5.92 Å². The van der Waals surface area contributed by atoms with E-state index >= 15 is 0 Å². The Morgan fingerprint density at radius 3 is 2.73 bits per heavy atom. The quantitative estimate of drug-likeness (QED) is 0.478. The number of hydrogen-bond donors (Lipinski definition) is 1. The Labute approximate surface area is 183 Å². The highest BCUT2D eigenvalue weighted by Crippen LogP contribution is 2.29. The van der Waals surface area contributed by atoms with E-state index in [2.05, 4.69) is 22.2 Å². The van der Waals surface area contributed by atoms with Crippen molar-refractivity contribution in [2.24, 2.45) is 5.92 Å². The third kappa shape index (κ3) is 5.25. The first-order valence-corrected chi connectivity index (χ1v) is 12.6. The molecular weight excluding hydrogens is 396 g/mol. The van der Waals surface area contributed by atoms with Crippen LogP contribution in [0.1, 0.15) is 64.7 Å². The summed E-state index contributed by atoms with van der Waals surface area (Å²) in [5, 5.41) is 9.47. The smallest absolute Gasteiger partial charge is 0.220 e. The SMILES string of the molecule is CCSc1nc(N2CCCC2)c2cnn(CCNC(=O)CCC3CCCCC3)c2n1. The second-order valence-corrected chi connectivity index (χ2v) is 9.69. The molecule has 8 heteroatoms. The summed E-state index contributed by atoms with van der Waals surface area (Å²) in [6.45, 7) is 5.42. The molecular formula is C22H34N6OS. The Morgan fingerprint density at radius 2 is 1.97 bits per heavy atom. The summed E-state index contributed by atoms with van der Waals surface area (Å²) in [6.07, 6.45) is 12.6. The van der Waals surface area contributed by atoms with E-state index in [0.29, 0.717) is 19.5 Å². The highest BCUT2D eigenvalue weighted by molar-refractivity contribution is 7.99. The van der Waals surface area contributed by atoms with Crippen LogP contribution in [0.2, 0.25) is 0 Å². The Balaban J connectivity index is 1.37. The van der Waals surface area contributed by atoms with E-state index in [0.717, 1.165) is 53.2 Å². The van der Waals surface area contributed by atoms with Gasteiger partial charge in [0.1, 0.15) is 5.82 Å². The molecule has 0 bridgehead atoms. The molecule has 2 aromatic heterocycles. The number of hydrogen-bond acceptors (Lipinski definition) is 6. The van der Waals surface area contributed by atoms with Gasteiger partial charge >= 0.3 is 0 Å². The highest BCUT2D eigenvalue weighted by atomic mass is 32.2. The molecule has 1 aliphatic carbocycles. The maximum Gasteiger partial charge on any atom is 0.220 e. The number of aromatic nitrogens is 4. The minimum absolute atomic E-state index is 0.159. The molecule has 164 valence electrons. The fraction of sp³-hybridized carbons (Fsp3) is 0.727. The van der Waals surface area contributed by atoms with Gasteiger partial charge in [0, 0.05) is 26.1 Å². The Morgan fingerprint density at radius 1 is 1.17 bits per heavy atom. The normalized spacial score (nSPS) is 17.7. The summed E-state index contributed by atoms with van der Waals surface area (Å²) >= 11 is 1.66. The number of nitrogens with zero attached hydrogens (tertiary/aromatic N) is 5. The lowest BCUT2D eigenvalue weighted by Gasteiger charge is -2.21. The lowest BCUT2D eigenvalue weighted by molar-refractivity contribution is -0.121. The molecule has 4 rings (SSSR count). The van der Waals surface area contributed by atoms with Gasteiger partial charge in [-0.2, -0.15) is 5.10 Å². The minimum atomic E-state index is 0.159. The average Bonchev–Trinajstić information content (AvgIpc) is 3.43. The molecule has 0 aromatic carbocycles. The fourth-order valence-electron chi connectivity index (χ4n) is 4.65. The van der Waals surface area contributed by atoms with Crippen LogP contribution < -0.4 is 10.2 Å². The molecule has 1 saturated carbocycles. The molecule has 3 heterocycles. The van der Waals surface area contributed by atoms with E-state index in [1.807, 2.05) is 10.9 Å². The first kappa shape index (κ1) is 21.4. The van der Waals surface area contributed by atoms with Crippen molar-refractivity contribution in [1.82, 2.24) is 25.1 Å². The van der Waals surface area contributed by atoms with Gasteiger partial charge in [0.15, 0.2) is 10.8 Å². The first-order valence-electron chi connectivity index (χ1n) is 11.6. The van der Waals surface area contributed by atoms with Gasteiger partial charge in [-0.1, -0.05) is 50.8 Å². The molecule has 2 fully saturated rings. The zero-order valence-electron chi connectivity index (χ0n) is 18.1. The van der Waals surface area contributed by atoms with Gasteiger partial charge in [-0.3, -0.25) is 4.79 Å². The molecule has 30 heavy (non-hydrogen) atoms. The van der Waals surface area contributed by atoms with Gasteiger partial charge in [0.2, 0.25) is 5.91 Å². The number of thioether (sulfide) groups is 1. The zero-order chi connectivity index (χ0) is 20.8. The molecule has 1 saturated heterocycles. The van der Waals surface area contributed by atoms with Crippen molar-refractivity contribution in [3.63, 3.8) is 0 Å². The number of amides is 1. The summed E-state index contributed by atoms with van der Waals surface area (Å²) in [7, 11) is 0. The van der Waals surface area contributed by atoms with Gasteiger partial charge < -0.3 is 10.2 Å². The molecule has 0 atom stereocenters. The van der Waals surface area contributed by atoms with Crippen molar-refractivity contribution >= 4 is 34.5 Å². The third-order valence-electron chi connectivity index (χ3n) is 6.28. The van der Waals surface area contributed by atoms with Crippen LogP contribution in [0.5, 0.6) is 0 Å². The molecule has 0 spiro atoms. The molecule has 1 amide bonds. The lowest BCUT2D eigenvalue weighted by Crippen LogP contribution is -2.28. The summed E-state index contributed by atoms with van der Waals surface area (Å²) in [6, 6.07) is 0. The van der Waals surface area contributed by atoms with Crippen LogP contribution in [-0.2, 0) is 11.3 Å². The van der Waals surface area contributed by atoms with Gasteiger partial charge in [-0.05, 0) is 30.9 Å². The molecule has 2 aliphatic rings. The summed E-state index contributed by atoms with van der Waals surface area (Å²) in [5.74, 6) is 2.86. The van der Waals surface area contributed by atoms with Gasteiger partial charge in [-0.15, -0.1) is 0 Å². The fourth-order valence-corrected chi connectivity index (χ4v) is 5.21. The number of carbonyl (C=O) groups excluding carboxylic acids is 1. The van der Waals surface area contributed by atoms with E-state index in [-0.39, 0.29) is 5.91 Å². The molecule has 7 nitrogen and oxygen atoms in total. The summed E-state index contributed by atoms with van der Waals surface area (Å²) < 4.78 is 1.91. The van der Waals surface area contributed by atoms with Crippen LogP contribution in [0.3, 0.4) is 0 Å². The largest absolute Gasteiger partial charge is 0.356 e. The van der Waals surface area contributed by atoms with Crippen molar-refractivity contribution in [3.05, 3.63) is 6.20 Å². The lowest BCUT2D eigenvalue weighted by atomic mass is 9.86. The maximum absolute atomic E-state index is 12.3. The number of nitrogens with one attached hydrogen (secondary N) is 1. The topological polar surface area (TPSA) is 75.9 Å². The Kier molecular flexibility index (Phi) is 7.47. The number of rotatable bonds is 9. The minimum Gasteiger partial charge on any atom is -0.356 e. The molecule has 1 N–H and O–H groups in total. The van der Waals surface area contributed by atoms with E-state index in [1.54, 1.807) is 11.8 Å². The van der Waals surface area contributed by atoms with Crippen molar-refractivity contribution in [2.75, 3.05) is 30.3 Å². The molecule has 0 unspecified atom stereocenters. The van der Waals surface area contributed by atoms with Crippen LogP contribution >= 0.6 is 11.8 Å². The van der Waals surface area contributed by atoms with Crippen molar-refractivity contribution in [3.8, 4) is 0 Å². The monoisotopic (exact) mass is 430 g/mol. The highest BCUT2D eigenvalue weighted by Gasteiger charge is 2.21. The number of fused-ring (bicyclic) bond motifs is 1. The summed E-state index contributed by atoms with van der Waals surface area (Å²) in [4.78, 5) is 24.2. The van der Waals surface area contributed by atoms with Crippen LogP contribution in [0.25, 0.3) is 11.0 Å². The number of carbonyl (C=O) groups is 1. The van der Waals surface area contributed by atoms with Gasteiger partial charge in [-0.25, -0.2) is 14.6 Å². The van der Waals surface area contributed by atoms with Crippen molar-refractivity contribution in [1.29, 1.82) is 0 Å². The van der Waals surface area contributed by atoms with Crippen LogP contribution in [-0.4, -0.2) is 51.0 Å². The van der Waals surface area contributed by atoms with E-state index in [4.69, 9.17) is 9.97 Å². The van der Waals surface area contributed by atoms with Crippen LogP contribution in [0.4, 0.5) is 5.82 Å². The van der Waals surface area contributed by atoms with Crippen molar-refractivity contribution in [2.45, 2.75) is 76.4 Å². The standard InChI is InChI=1S/C22H34N6OS/c1-2-30-22-25-20(27-13-6-7-14-27)18-16-24-28(21(18)26-22)15-12-23-19(29)11-10-17-8-4-3-5-9-17/h16-17H,2-15H2,1H3,(H,23,29). The van der Waals surface area contributed by atoms with Gasteiger partial charge in [0.05, 0.1) is 18.1 Å². The zero-order valence-corrected chi connectivity index (χ0v) is 18.9. The van der Waals surface area contributed by atoms with Crippen LogP contribution in [0.15, 0.2) is 11.4 Å². The molecule has 1 aliphatic heterocycles.